The van der Waals surface area contributed by atoms with Crippen molar-refractivity contribution in [2.45, 2.75) is 45.1 Å². The van der Waals surface area contributed by atoms with Crippen LogP contribution in [0.2, 0.25) is 0 Å². The molecule has 5 nitrogen and oxygen atoms in total. The first kappa shape index (κ1) is 22.2. The van der Waals surface area contributed by atoms with E-state index in [9.17, 15) is 8.42 Å². The number of aryl methyl sites for hydroxylation is 2. The van der Waals surface area contributed by atoms with E-state index >= 15 is 0 Å². The number of rotatable bonds is 7. The molecule has 0 aromatic heterocycles. The van der Waals surface area contributed by atoms with Crippen LogP contribution in [0.4, 0.5) is 0 Å². The summed E-state index contributed by atoms with van der Waals surface area (Å²) in [6.45, 7) is 8.16. The van der Waals surface area contributed by atoms with Crippen LogP contribution >= 0.6 is 12.4 Å². The topological polar surface area (TPSA) is 72.6 Å². The van der Waals surface area contributed by atoms with Gasteiger partial charge in [0, 0.05) is 19.6 Å². The molecule has 0 heterocycles. The van der Waals surface area contributed by atoms with E-state index in [0.29, 0.717) is 30.2 Å². The number of nitrogens with zero attached hydrogens (tertiary/aromatic N) is 1. The van der Waals surface area contributed by atoms with E-state index in [1.54, 1.807) is 20.0 Å². The molecule has 1 atom stereocenters. The Morgan fingerprint density at radius 1 is 1.26 bits per heavy atom. The lowest BCUT2D eigenvalue weighted by atomic mass is 10.0. The largest absolute Gasteiger partial charge is 0.495 e. The van der Waals surface area contributed by atoms with Gasteiger partial charge in [-0.3, -0.25) is 0 Å². The molecular weight excluding hydrogens is 336 g/mol. The first-order valence-corrected chi connectivity index (χ1v) is 8.92. The SMILES string of the molecule is COc1cc(C)cc(C)c1S(=O)(=O)N(C)CCC(N)C(C)C.Cl. The lowest BCUT2D eigenvalue weighted by Gasteiger charge is -2.23. The zero-order chi connectivity index (χ0) is 17.1. The van der Waals surface area contributed by atoms with E-state index in [1.807, 2.05) is 26.8 Å². The number of hydrogen-bond donors (Lipinski definition) is 1. The van der Waals surface area contributed by atoms with Gasteiger partial charge >= 0.3 is 0 Å². The monoisotopic (exact) mass is 364 g/mol. The maximum absolute atomic E-state index is 12.8. The Kier molecular flexibility index (Phi) is 8.56. The molecule has 1 unspecified atom stereocenters. The van der Waals surface area contributed by atoms with Crippen LogP contribution in [-0.2, 0) is 10.0 Å². The summed E-state index contributed by atoms with van der Waals surface area (Å²) in [5.74, 6) is 0.712. The minimum atomic E-state index is -3.60. The van der Waals surface area contributed by atoms with Gasteiger partial charge in [-0.2, -0.15) is 0 Å². The molecule has 1 aromatic carbocycles. The third-order valence-corrected chi connectivity index (χ3v) is 5.95. The van der Waals surface area contributed by atoms with Crippen molar-refractivity contribution in [3.8, 4) is 5.75 Å². The Morgan fingerprint density at radius 3 is 2.30 bits per heavy atom. The number of hydrogen-bond acceptors (Lipinski definition) is 4. The van der Waals surface area contributed by atoms with Gasteiger partial charge in [-0.05, 0) is 43.4 Å². The smallest absolute Gasteiger partial charge is 0.246 e. The van der Waals surface area contributed by atoms with Gasteiger partial charge < -0.3 is 10.5 Å². The fourth-order valence-electron chi connectivity index (χ4n) is 2.34. The standard InChI is InChI=1S/C16H28N2O3S.ClH/c1-11(2)14(17)7-8-18(5)22(19,20)16-13(4)9-12(3)10-15(16)21-6;/h9-11,14H,7-8,17H2,1-6H3;1H. The van der Waals surface area contributed by atoms with Crippen LogP contribution < -0.4 is 10.5 Å². The van der Waals surface area contributed by atoms with Gasteiger partial charge in [0.25, 0.3) is 0 Å². The summed E-state index contributed by atoms with van der Waals surface area (Å²) in [6.07, 6.45) is 0.626. The molecule has 1 aromatic rings. The molecule has 0 radical (unpaired) electrons. The molecule has 0 bridgehead atoms. The summed E-state index contributed by atoms with van der Waals surface area (Å²) in [6, 6.07) is 3.58. The fourth-order valence-corrected chi connectivity index (χ4v) is 3.86. The van der Waals surface area contributed by atoms with Crippen molar-refractivity contribution in [2.75, 3.05) is 20.7 Å². The minimum Gasteiger partial charge on any atom is -0.495 e. The summed E-state index contributed by atoms with van der Waals surface area (Å²) >= 11 is 0. The van der Waals surface area contributed by atoms with Gasteiger partial charge in [0.15, 0.2) is 0 Å². The van der Waals surface area contributed by atoms with Crippen LogP contribution in [0.5, 0.6) is 5.75 Å². The predicted octanol–water partition coefficient (Wildman–Crippen LogP) is 2.73. The van der Waals surface area contributed by atoms with Crippen molar-refractivity contribution < 1.29 is 13.2 Å². The molecule has 7 heteroatoms. The summed E-state index contributed by atoms with van der Waals surface area (Å²) in [5.41, 5.74) is 7.67. The van der Waals surface area contributed by atoms with Gasteiger partial charge in [0.2, 0.25) is 10.0 Å². The summed E-state index contributed by atoms with van der Waals surface area (Å²) in [5, 5.41) is 0. The van der Waals surface area contributed by atoms with Crippen molar-refractivity contribution in [3.05, 3.63) is 23.3 Å². The van der Waals surface area contributed by atoms with E-state index in [0.717, 1.165) is 5.56 Å². The number of methoxy groups -OCH3 is 1. The molecule has 0 aliphatic rings. The van der Waals surface area contributed by atoms with Crippen LogP contribution in [0.15, 0.2) is 17.0 Å². The Labute approximate surface area is 146 Å². The second-order valence-electron chi connectivity index (χ2n) is 6.14. The molecule has 0 saturated heterocycles. The molecule has 0 amide bonds. The zero-order valence-corrected chi connectivity index (χ0v) is 16.4. The molecule has 0 spiro atoms. The highest BCUT2D eigenvalue weighted by atomic mass is 35.5. The van der Waals surface area contributed by atoms with Gasteiger partial charge in [-0.25, -0.2) is 12.7 Å². The molecule has 23 heavy (non-hydrogen) atoms. The van der Waals surface area contributed by atoms with E-state index in [2.05, 4.69) is 0 Å². The Morgan fingerprint density at radius 2 is 1.83 bits per heavy atom. The molecule has 2 N–H and O–H groups in total. The highest BCUT2D eigenvalue weighted by Gasteiger charge is 2.27. The fraction of sp³-hybridized carbons (Fsp3) is 0.625. The number of nitrogens with two attached hydrogens (primary N) is 1. The van der Waals surface area contributed by atoms with Crippen molar-refractivity contribution in [2.24, 2.45) is 11.7 Å². The lowest BCUT2D eigenvalue weighted by molar-refractivity contribution is 0.385. The minimum absolute atomic E-state index is 0. The summed E-state index contributed by atoms with van der Waals surface area (Å²) in [4.78, 5) is 0.237. The van der Waals surface area contributed by atoms with Crippen molar-refractivity contribution in [1.29, 1.82) is 0 Å². The Balaban J connectivity index is 0.00000484. The van der Waals surface area contributed by atoms with E-state index in [4.69, 9.17) is 10.5 Å². The van der Waals surface area contributed by atoms with E-state index < -0.39 is 10.0 Å². The third kappa shape index (κ3) is 5.35. The zero-order valence-electron chi connectivity index (χ0n) is 14.8. The van der Waals surface area contributed by atoms with E-state index in [1.165, 1.54) is 11.4 Å². The van der Waals surface area contributed by atoms with Gasteiger partial charge in [0.05, 0.1) is 7.11 Å². The number of halogens is 1. The predicted molar refractivity (Wildman–Crippen MR) is 97.0 cm³/mol. The van der Waals surface area contributed by atoms with Crippen LogP contribution in [0.25, 0.3) is 0 Å². The normalized spacial score (nSPS) is 13.1. The van der Waals surface area contributed by atoms with Crippen LogP contribution in [0, 0.1) is 19.8 Å². The average molecular weight is 365 g/mol. The van der Waals surface area contributed by atoms with Gasteiger partial charge in [0.1, 0.15) is 10.6 Å². The van der Waals surface area contributed by atoms with Crippen LogP contribution in [-0.4, -0.2) is 39.5 Å². The Hall–Kier alpha value is -0.820. The molecule has 0 aliphatic heterocycles. The molecule has 0 fully saturated rings. The van der Waals surface area contributed by atoms with Gasteiger partial charge in [-0.15, -0.1) is 12.4 Å². The number of benzene rings is 1. The van der Waals surface area contributed by atoms with Crippen LogP contribution in [0.1, 0.15) is 31.4 Å². The lowest BCUT2D eigenvalue weighted by Crippen LogP contribution is -2.35. The molecular formula is C16H29ClN2O3S. The first-order valence-electron chi connectivity index (χ1n) is 7.48. The summed E-state index contributed by atoms with van der Waals surface area (Å²) in [7, 11) is -0.525. The highest BCUT2D eigenvalue weighted by Crippen LogP contribution is 2.31. The van der Waals surface area contributed by atoms with Crippen molar-refractivity contribution in [1.82, 2.24) is 4.31 Å². The molecule has 0 aliphatic carbocycles. The maximum atomic E-state index is 12.8. The van der Waals surface area contributed by atoms with Crippen molar-refractivity contribution in [3.63, 3.8) is 0 Å². The van der Waals surface area contributed by atoms with Crippen molar-refractivity contribution >= 4 is 22.4 Å². The molecule has 0 saturated carbocycles. The second-order valence-corrected chi connectivity index (χ2v) is 8.12. The maximum Gasteiger partial charge on any atom is 0.246 e. The van der Waals surface area contributed by atoms with Gasteiger partial charge in [-0.1, -0.05) is 19.9 Å². The highest BCUT2D eigenvalue weighted by molar-refractivity contribution is 7.89. The average Bonchev–Trinajstić information content (AvgIpc) is 2.42. The number of ether oxygens (including phenoxy) is 1. The third-order valence-electron chi connectivity index (χ3n) is 3.91. The summed E-state index contributed by atoms with van der Waals surface area (Å²) < 4.78 is 32.3. The van der Waals surface area contributed by atoms with Crippen LogP contribution in [0.3, 0.4) is 0 Å². The molecule has 134 valence electrons. The number of sulfonamides is 1. The quantitative estimate of drug-likeness (QED) is 0.807. The molecule has 1 rings (SSSR count). The Bertz CT molecular complexity index is 618. The second kappa shape index (κ2) is 8.87. The first-order chi connectivity index (χ1) is 10.1. The van der Waals surface area contributed by atoms with E-state index in [-0.39, 0.29) is 23.3 Å².